The summed E-state index contributed by atoms with van der Waals surface area (Å²) in [5.74, 6) is -1.09. The highest BCUT2D eigenvalue weighted by atomic mass is 19.3. The molecule has 0 saturated carbocycles. The quantitative estimate of drug-likeness (QED) is 0.894. The number of carbonyl (C=O) groups is 1. The number of alkyl halides is 2. The number of methoxy groups -OCH3 is 1. The second-order valence-corrected chi connectivity index (χ2v) is 3.73. The van der Waals surface area contributed by atoms with Crippen LogP contribution >= 0.6 is 0 Å². The third-order valence-corrected chi connectivity index (χ3v) is 2.57. The van der Waals surface area contributed by atoms with Gasteiger partial charge in [0.1, 0.15) is 11.4 Å². The van der Waals surface area contributed by atoms with Crippen molar-refractivity contribution in [2.24, 2.45) is 0 Å². The number of aromatic amines is 1. The number of nitrogens with one attached hydrogen (secondary N) is 1. The van der Waals surface area contributed by atoms with E-state index in [9.17, 15) is 13.6 Å². The molecule has 0 aliphatic rings. The summed E-state index contributed by atoms with van der Waals surface area (Å²) in [6.07, 6.45) is -2.69. The third-order valence-electron chi connectivity index (χ3n) is 2.57. The Kier molecular flexibility index (Phi) is 3.46. The maximum atomic E-state index is 12.8. The van der Waals surface area contributed by atoms with Crippen molar-refractivity contribution in [3.63, 3.8) is 0 Å². The first-order valence-electron chi connectivity index (χ1n) is 5.28. The summed E-state index contributed by atoms with van der Waals surface area (Å²) in [5.41, 5.74) is 0.297. The highest BCUT2D eigenvalue weighted by Gasteiger charge is 2.16. The van der Waals surface area contributed by atoms with E-state index in [-0.39, 0.29) is 22.7 Å². The van der Waals surface area contributed by atoms with Gasteiger partial charge in [0.25, 0.3) is 6.43 Å². The molecule has 7 heteroatoms. The molecule has 0 amide bonds. The average Bonchev–Trinajstić information content (AvgIpc) is 2.87. The van der Waals surface area contributed by atoms with Gasteiger partial charge in [0.05, 0.1) is 18.4 Å². The number of ether oxygens (including phenoxy) is 1. The van der Waals surface area contributed by atoms with Gasteiger partial charge in [0.15, 0.2) is 0 Å². The molecule has 0 radical (unpaired) electrons. The van der Waals surface area contributed by atoms with E-state index in [1.165, 1.54) is 31.4 Å². The molecule has 5 nitrogen and oxygen atoms in total. The predicted molar refractivity (Wildman–Crippen MR) is 62.5 cm³/mol. The molecule has 2 N–H and O–H groups in total. The van der Waals surface area contributed by atoms with Crippen molar-refractivity contribution in [1.29, 1.82) is 0 Å². The van der Waals surface area contributed by atoms with Crippen LogP contribution in [0.4, 0.5) is 8.78 Å². The van der Waals surface area contributed by atoms with E-state index in [0.29, 0.717) is 5.56 Å². The van der Waals surface area contributed by atoms with Crippen molar-refractivity contribution in [2.45, 2.75) is 6.43 Å². The van der Waals surface area contributed by atoms with E-state index in [4.69, 9.17) is 9.84 Å². The first kappa shape index (κ1) is 13.0. The summed E-state index contributed by atoms with van der Waals surface area (Å²) in [6, 6.07) is 5.43. The van der Waals surface area contributed by atoms with Gasteiger partial charge in [-0.2, -0.15) is 5.10 Å². The topological polar surface area (TPSA) is 75.2 Å². The Morgan fingerprint density at radius 2 is 2.16 bits per heavy atom. The summed E-state index contributed by atoms with van der Waals surface area (Å²) in [6.45, 7) is 0. The Hall–Kier alpha value is -2.44. The maximum Gasteiger partial charge on any atom is 0.353 e. The van der Waals surface area contributed by atoms with Gasteiger partial charge in [-0.15, -0.1) is 0 Å². The first-order chi connectivity index (χ1) is 9.02. The second kappa shape index (κ2) is 5.05. The average molecular weight is 268 g/mol. The molecule has 19 heavy (non-hydrogen) atoms. The van der Waals surface area contributed by atoms with Crippen LogP contribution in [-0.4, -0.2) is 28.4 Å². The summed E-state index contributed by atoms with van der Waals surface area (Å²) in [7, 11) is 1.30. The lowest BCUT2D eigenvalue weighted by atomic mass is 10.1. The van der Waals surface area contributed by atoms with Crippen LogP contribution < -0.4 is 4.74 Å². The van der Waals surface area contributed by atoms with E-state index >= 15 is 0 Å². The molecule has 1 aromatic carbocycles. The fourth-order valence-corrected chi connectivity index (χ4v) is 1.64. The zero-order chi connectivity index (χ0) is 14.0. The molecule has 2 aromatic rings. The lowest BCUT2D eigenvalue weighted by molar-refractivity contribution is 0.0690. The number of benzene rings is 1. The van der Waals surface area contributed by atoms with Crippen molar-refractivity contribution >= 4 is 5.97 Å². The molecular formula is C12H10F2N2O3. The monoisotopic (exact) mass is 268 g/mol. The van der Waals surface area contributed by atoms with Gasteiger partial charge < -0.3 is 9.84 Å². The van der Waals surface area contributed by atoms with Crippen LogP contribution in [-0.2, 0) is 0 Å². The molecule has 0 aliphatic carbocycles. The zero-order valence-corrected chi connectivity index (χ0v) is 9.85. The second-order valence-electron chi connectivity index (χ2n) is 3.73. The molecule has 2 rings (SSSR count). The SMILES string of the molecule is COc1ccc(-c2cc(C(=O)O)[nH]n2)cc1C(F)F. The highest BCUT2D eigenvalue weighted by Crippen LogP contribution is 2.32. The highest BCUT2D eigenvalue weighted by molar-refractivity contribution is 5.86. The van der Waals surface area contributed by atoms with Gasteiger partial charge in [-0.25, -0.2) is 13.6 Å². The van der Waals surface area contributed by atoms with Gasteiger partial charge in [0.2, 0.25) is 0 Å². The number of aromatic nitrogens is 2. The summed E-state index contributed by atoms with van der Waals surface area (Å²) < 4.78 is 30.5. The minimum absolute atomic E-state index is 0.0766. The summed E-state index contributed by atoms with van der Waals surface area (Å²) in [5, 5.41) is 14.8. The molecule has 0 atom stereocenters. The number of hydrogen-bond acceptors (Lipinski definition) is 3. The molecule has 1 aromatic heterocycles. The van der Waals surface area contributed by atoms with Gasteiger partial charge >= 0.3 is 5.97 Å². The minimum atomic E-state index is -2.69. The van der Waals surface area contributed by atoms with Crippen LogP contribution in [0.3, 0.4) is 0 Å². The number of H-pyrrole nitrogens is 1. The fourth-order valence-electron chi connectivity index (χ4n) is 1.64. The minimum Gasteiger partial charge on any atom is -0.496 e. The zero-order valence-electron chi connectivity index (χ0n) is 9.85. The van der Waals surface area contributed by atoms with Crippen LogP contribution in [0, 0.1) is 0 Å². The van der Waals surface area contributed by atoms with Crippen LogP contribution in [0.2, 0.25) is 0 Å². The van der Waals surface area contributed by atoms with Crippen LogP contribution in [0.15, 0.2) is 24.3 Å². The molecule has 1 heterocycles. The van der Waals surface area contributed by atoms with Crippen molar-refractivity contribution < 1.29 is 23.4 Å². The number of carboxylic acids is 1. The molecule has 100 valence electrons. The molecule has 0 bridgehead atoms. The Morgan fingerprint density at radius 1 is 1.42 bits per heavy atom. The normalized spacial score (nSPS) is 10.7. The lowest BCUT2D eigenvalue weighted by Gasteiger charge is -2.08. The molecular weight excluding hydrogens is 258 g/mol. The number of carboxylic acid groups (broad SMARTS) is 1. The maximum absolute atomic E-state index is 12.8. The van der Waals surface area contributed by atoms with Gasteiger partial charge in [-0.1, -0.05) is 0 Å². The van der Waals surface area contributed by atoms with Crippen molar-refractivity contribution in [3.8, 4) is 17.0 Å². The fraction of sp³-hybridized carbons (Fsp3) is 0.167. The van der Waals surface area contributed by atoms with Crippen molar-refractivity contribution in [1.82, 2.24) is 10.2 Å². The number of nitrogens with zero attached hydrogens (tertiary/aromatic N) is 1. The predicted octanol–water partition coefficient (Wildman–Crippen LogP) is 2.72. The van der Waals surface area contributed by atoms with E-state index in [2.05, 4.69) is 10.2 Å². The number of rotatable bonds is 4. The standard InChI is InChI=1S/C12H10F2N2O3/c1-19-10-3-2-6(4-7(10)11(13)14)8-5-9(12(17)18)16-15-8/h2-5,11H,1H3,(H,15,16)(H,17,18). The van der Waals surface area contributed by atoms with Crippen molar-refractivity contribution in [2.75, 3.05) is 7.11 Å². The molecule has 0 aliphatic heterocycles. The smallest absolute Gasteiger partial charge is 0.353 e. The number of hydrogen-bond donors (Lipinski definition) is 2. The van der Waals surface area contributed by atoms with E-state index in [1.807, 2.05) is 0 Å². The molecule has 0 unspecified atom stereocenters. The lowest BCUT2D eigenvalue weighted by Crippen LogP contribution is -1.95. The van der Waals surface area contributed by atoms with Gasteiger partial charge in [0, 0.05) is 5.56 Å². The van der Waals surface area contributed by atoms with Crippen LogP contribution in [0.1, 0.15) is 22.5 Å². The first-order valence-corrected chi connectivity index (χ1v) is 5.28. The third kappa shape index (κ3) is 2.54. The summed E-state index contributed by atoms with van der Waals surface area (Å²) >= 11 is 0. The summed E-state index contributed by atoms with van der Waals surface area (Å²) in [4.78, 5) is 10.7. The van der Waals surface area contributed by atoms with E-state index in [0.717, 1.165) is 0 Å². The van der Waals surface area contributed by atoms with E-state index in [1.54, 1.807) is 0 Å². The van der Waals surface area contributed by atoms with Gasteiger partial charge in [-0.05, 0) is 24.3 Å². The van der Waals surface area contributed by atoms with E-state index < -0.39 is 12.4 Å². The Labute approximate surface area is 106 Å². The molecule has 0 fully saturated rings. The van der Waals surface area contributed by atoms with Crippen molar-refractivity contribution in [3.05, 3.63) is 35.5 Å². The molecule has 0 spiro atoms. The molecule has 0 saturated heterocycles. The van der Waals surface area contributed by atoms with Gasteiger partial charge in [-0.3, -0.25) is 5.10 Å². The number of aromatic carboxylic acids is 1. The Morgan fingerprint density at radius 3 is 2.68 bits per heavy atom. The number of halogens is 2. The Balaban J connectivity index is 2.44. The van der Waals surface area contributed by atoms with Crippen LogP contribution in [0.5, 0.6) is 5.75 Å². The largest absolute Gasteiger partial charge is 0.496 e. The Bertz CT molecular complexity index is 611. The van der Waals surface area contributed by atoms with Crippen LogP contribution in [0.25, 0.3) is 11.3 Å².